The van der Waals surface area contributed by atoms with E-state index in [1.54, 1.807) is 25.1 Å². The molecule has 8 heteroatoms. The predicted molar refractivity (Wildman–Crippen MR) is 130 cm³/mol. The van der Waals surface area contributed by atoms with Gasteiger partial charge < -0.3 is 5.32 Å². The van der Waals surface area contributed by atoms with Gasteiger partial charge >= 0.3 is 0 Å². The predicted octanol–water partition coefficient (Wildman–Crippen LogP) is 4.91. The molecule has 2 N–H and O–H groups in total. The summed E-state index contributed by atoms with van der Waals surface area (Å²) in [4.78, 5) is 33.0. The number of thiophene rings is 1. The minimum absolute atomic E-state index is 0.234. The molecule has 2 aromatic carbocycles. The van der Waals surface area contributed by atoms with Gasteiger partial charge in [-0.05, 0) is 41.6 Å². The number of aromatic nitrogens is 4. The Morgan fingerprint density at radius 2 is 1.73 bits per heavy atom. The Balaban J connectivity index is 1.48. The van der Waals surface area contributed by atoms with Gasteiger partial charge in [0.1, 0.15) is 11.5 Å². The lowest BCUT2D eigenvalue weighted by atomic mass is 10.0. The van der Waals surface area contributed by atoms with Gasteiger partial charge in [-0.15, -0.1) is 11.3 Å². The number of hydrogen-bond donors (Lipinski definition) is 2. The second-order valence-corrected chi connectivity index (χ2v) is 8.36. The van der Waals surface area contributed by atoms with E-state index in [1.165, 1.54) is 22.1 Å². The molecular weight excluding hydrogens is 434 g/mol. The fourth-order valence-corrected chi connectivity index (χ4v) is 4.15. The number of carbonyl (C=O) groups excluding carboxylic acids is 1. The van der Waals surface area contributed by atoms with Crippen LogP contribution in [0.2, 0.25) is 0 Å². The summed E-state index contributed by atoms with van der Waals surface area (Å²) < 4.78 is 1.44. The molecule has 0 saturated heterocycles. The van der Waals surface area contributed by atoms with E-state index in [0.29, 0.717) is 22.8 Å². The molecule has 3 aromatic heterocycles. The Kier molecular flexibility index (Phi) is 5.42. The van der Waals surface area contributed by atoms with Gasteiger partial charge in [-0.3, -0.25) is 14.6 Å². The molecule has 7 nitrogen and oxygen atoms in total. The topological polar surface area (TPSA) is 92.7 Å². The highest BCUT2D eigenvalue weighted by Gasteiger charge is 2.17. The summed E-state index contributed by atoms with van der Waals surface area (Å²) in [5.74, 6) is 0.352. The number of rotatable bonds is 5. The molecule has 0 radical (unpaired) electrons. The van der Waals surface area contributed by atoms with Crippen molar-refractivity contribution in [2.75, 3.05) is 5.32 Å². The van der Waals surface area contributed by atoms with E-state index in [2.05, 4.69) is 20.4 Å². The van der Waals surface area contributed by atoms with Crippen LogP contribution in [0, 0.1) is 6.92 Å². The molecule has 0 aliphatic carbocycles. The first-order chi connectivity index (χ1) is 16.1. The molecular formula is C25H19N5O2S. The molecule has 162 valence electrons. The quantitative estimate of drug-likeness (QED) is 0.395. The van der Waals surface area contributed by atoms with Gasteiger partial charge in [0.2, 0.25) is 5.95 Å². The van der Waals surface area contributed by atoms with E-state index in [-0.39, 0.29) is 17.4 Å². The third kappa shape index (κ3) is 4.37. The Bertz CT molecular complexity index is 1470. The van der Waals surface area contributed by atoms with Crippen molar-refractivity contribution in [2.45, 2.75) is 6.92 Å². The molecule has 0 spiro atoms. The van der Waals surface area contributed by atoms with Crippen molar-refractivity contribution < 1.29 is 4.79 Å². The summed E-state index contributed by atoms with van der Waals surface area (Å²) in [6.45, 7) is 1.73. The monoisotopic (exact) mass is 453 g/mol. The van der Waals surface area contributed by atoms with Crippen molar-refractivity contribution in [1.82, 2.24) is 19.7 Å². The SMILES string of the molecule is Cc1cc(=O)[nH]c(-n2nc(-c3cccs3)cc2NC(=O)c2ccc(-c3ccccc3)cc2)n1. The van der Waals surface area contributed by atoms with Crippen molar-refractivity contribution in [2.24, 2.45) is 0 Å². The van der Waals surface area contributed by atoms with Gasteiger partial charge in [0.15, 0.2) is 0 Å². The van der Waals surface area contributed by atoms with Gasteiger partial charge in [-0.25, -0.2) is 4.98 Å². The standard InChI is InChI=1S/C25H19N5O2S/c1-16-14-23(31)28-25(26-16)30-22(15-20(29-30)21-8-5-13-33-21)27-24(32)19-11-9-18(10-12-19)17-6-3-2-4-7-17/h2-15H,1H3,(H,27,32)(H,26,28,31). The van der Waals surface area contributed by atoms with Crippen molar-refractivity contribution in [3.63, 3.8) is 0 Å². The van der Waals surface area contributed by atoms with Crippen molar-refractivity contribution >= 4 is 23.1 Å². The number of aryl methyl sites for hydroxylation is 1. The van der Waals surface area contributed by atoms with E-state index < -0.39 is 0 Å². The Labute approximate surface area is 193 Å². The summed E-state index contributed by atoms with van der Waals surface area (Å²) in [5, 5.41) is 9.45. The van der Waals surface area contributed by atoms with Crippen molar-refractivity contribution in [3.8, 4) is 27.6 Å². The first-order valence-corrected chi connectivity index (χ1v) is 11.1. The van der Waals surface area contributed by atoms with Crippen LogP contribution in [-0.2, 0) is 0 Å². The van der Waals surface area contributed by atoms with Crippen LogP contribution in [0.4, 0.5) is 5.82 Å². The minimum atomic E-state index is -0.292. The number of amides is 1. The second kappa shape index (κ2) is 8.68. The first-order valence-electron chi connectivity index (χ1n) is 10.3. The summed E-state index contributed by atoms with van der Waals surface area (Å²) in [6.07, 6.45) is 0. The minimum Gasteiger partial charge on any atom is -0.306 e. The highest BCUT2D eigenvalue weighted by atomic mass is 32.1. The molecule has 1 amide bonds. The third-order valence-corrected chi connectivity index (χ3v) is 5.93. The van der Waals surface area contributed by atoms with Crippen LogP contribution in [0.15, 0.2) is 89.0 Å². The zero-order valence-electron chi connectivity index (χ0n) is 17.6. The zero-order chi connectivity index (χ0) is 22.8. The molecule has 0 atom stereocenters. The van der Waals surface area contributed by atoms with Crippen molar-refractivity contribution in [1.29, 1.82) is 0 Å². The normalized spacial score (nSPS) is 10.8. The molecule has 5 rings (SSSR count). The highest BCUT2D eigenvalue weighted by Crippen LogP contribution is 2.28. The molecule has 0 bridgehead atoms. The van der Waals surface area contributed by atoms with E-state index in [1.807, 2.05) is 60.0 Å². The van der Waals surface area contributed by atoms with Crippen LogP contribution in [0.5, 0.6) is 0 Å². The Hall–Kier alpha value is -4.30. The average Bonchev–Trinajstić information content (AvgIpc) is 3.49. The molecule has 0 saturated carbocycles. The first kappa shape index (κ1) is 20.6. The van der Waals surface area contributed by atoms with Crippen LogP contribution < -0.4 is 10.9 Å². The number of aromatic amines is 1. The maximum Gasteiger partial charge on any atom is 0.256 e. The van der Waals surface area contributed by atoms with E-state index in [4.69, 9.17) is 0 Å². The van der Waals surface area contributed by atoms with Gasteiger partial charge in [0.05, 0.1) is 4.88 Å². The van der Waals surface area contributed by atoms with Crippen LogP contribution in [0.1, 0.15) is 16.1 Å². The third-order valence-electron chi connectivity index (χ3n) is 5.04. The number of nitrogens with one attached hydrogen (secondary N) is 2. The van der Waals surface area contributed by atoms with Crippen LogP contribution >= 0.6 is 11.3 Å². The molecule has 0 aliphatic rings. The summed E-state index contributed by atoms with van der Waals surface area (Å²) in [7, 11) is 0. The highest BCUT2D eigenvalue weighted by molar-refractivity contribution is 7.13. The maximum absolute atomic E-state index is 13.0. The van der Waals surface area contributed by atoms with Crippen LogP contribution in [0.3, 0.4) is 0 Å². The van der Waals surface area contributed by atoms with Gasteiger partial charge in [-0.1, -0.05) is 48.5 Å². The average molecular weight is 454 g/mol. The number of hydrogen-bond acceptors (Lipinski definition) is 5. The van der Waals surface area contributed by atoms with Crippen LogP contribution in [-0.4, -0.2) is 25.7 Å². The summed E-state index contributed by atoms with van der Waals surface area (Å²) in [6, 6.07) is 24.4. The van der Waals surface area contributed by atoms with E-state index in [9.17, 15) is 9.59 Å². The molecule has 0 fully saturated rings. The lowest BCUT2D eigenvalue weighted by Gasteiger charge is -2.09. The zero-order valence-corrected chi connectivity index (χ0v) is 18.5. The van der Waals surface area contributed by atoms with E-state index >= 15 is 0 Å². The van der Waals surface area contributed by atoms with Crippen LogP contribution in [0.25, 0.3) is 27.6 Å². The largest absolute Gasteiger partial charge is 0.306 e. The molecule has 0 unspecified atom stereocenters. The molecule has 3 heterocycles. The number of H-pyrrole nitrogens is 1. The number of benzene rings is 2. The fourth-order valence-electron chi connectivity index (χ4n) is 3.47. The molecule has 33 heavy (non-hydrogen) atoms. The lowest BCUT2D eigenvalue weighted by Crippen LogP contribution is -2.18. The smallest absolute Gasteiger partial charge is 0.256 e. The van der Waals surface area contributed by atoms with Gasteiger partial charge in [0.25, 0.3) is 11.5 Å². The Morgan fingerprint density at radius 1 is 0.970 bits per heavy atom. The van der Waals surface area contributed by atoms with Gasteiger partial charge in [-0.2, -0.15) is 9.78 Å². The lowest BCUT2D eigenvalue weighted by molar-refractivity contribution is 0.102. The van der Waals surface area contributed by atoms with Crippen molar-refractivity contribution in [3.05, 3.63) is 106 Å². The molecule has 5 aromatic rings. The number of carbonyl (C=O) groups is 1. The molecule has 0 aliphatic heterocycles. The Morgan fingerprint density at radius 3 is 2.42 bits per heavy atom. The van der Waals surface area contributed by atoms with Gasteiger partial charge in [0, 0.05) is 23.4 Å². The second-order valence-electron chi connectivity index (χ2n) is 7.41. The number of anilines is 1. The van der Waals surface area contributed by atoms with E-state index in [0.717, 1.165) is 16.0 Å². The number of nitrogens with zero attached hydrogens (tertiary/aromatic N) is 3. The fraction of sp³-hybridized carbons (Fsp3) is 0.0400. The maximum atomic E-state index is 13.0. The summed E-state index contributed by atoms with van der Waals surface area (Å²) >= 11 is 1.53. The summed E-state index contributed by atoms with van der Waals surface area (Å²) in [5.41, 5.74) is 3.54.